The first-order valence-electron chi connectivity index (χ1n) is 9.57. The summed E-state index contributed by atoms with van der Waals surface area (Å²) >= 11 is 7.81. The van der Waals surface area contributed by atoms with Gasteiger partial charge in [0.25, 0.3) is 0 Å². The number of halogens is 4. The number of nitrogens with zero attached hydrogens (tertiary/aromatic N) is 2. The second kappa shape index (κ2) is 10.1. The van der Waals surface area contributed by atoms with Crippen molar-refractivity contribution in [3.63, 3.8) is 0 Å². The second-order valence-electron chi connectivity index (χ2n) is 6.80. The third-order valence-corrected chi connectivity index (χ3v) is 5.16. The summed E-state index contributed by atoms with van der Waals surface area (Å²) in [6, 6.07) is 12.6. The van der Waals surface area contributed by atoms with Gasteiger partial charge in [-0.15, -0.1) is 0 Å². The first-order valence-corrected chi connectivity index (χ1v) is 11.5. The average molecular weight is 581 g/mol. The van der Waals surface area contributed by atoms with E-state index in [2.05, 4.69) is 53.8 Å². The van der Waals surface area contributed by atoms with Gasteiger partial charge in [-0.3, -0.25) is 4.98 Å². The molecule has 0 aliphatic heterocycles. The Morgan fingerprint density at radius 3 is 2.39 bits per heavy atom. The standard InChI is InChI=1S/C22H16ClF2IN6O/c23-15-4-1-12(7-17(15)25)30-22(33)31-14-2-5-16(24)19(8-14)29-13-3-6-18-20(9-13)32-21(10-27-18)28-11-26/h1-10,29H,11H2,(H,28,32)(H2,30,31,33). The number of benzene rings is 3. The van der Waals surface area contributed by atoms with Gasteiger partial charge in [0, 0.05) is 17.1 Å². The molecule has 4 aromatic rings. The van der Waals surface area contributed by atoms with Crippen molar-refractivity contribution in [2.24, 2.45) is 0 Å². The molecular formula is C22H16ClF2IN6O. The van der Waals surface area contributed by atoms with Crippen molar-refractivity contribution in [1.29, 1.82) is 0 Å². The fourth-order valence-electron chi connectivity index (χ4n) is 2.96. The number of carbonyl (C=O) groups is 1. The quantitative estimate of drug-likeness (QED) is 0.115. The van der Waals surface area contributed by atoms with Crippen LogP contribution in [0.5, 0.6) is 0 Å². The Bertz CT molecular complexity index is 1340. The Labute approximate surface area is 206 Å². The zero-order valence-electron chi connectivity index (χ0n) is 16.8. The lowest BCUT2D eigenvalue weighted by Gasteiger charge is -2.12. The van der Waals surface area contributed by atoms with E-state index in [9.17, 15) is 13.6 Å². The number of nitrogens with one attached hydrogen (secondary N) is 4. The van der Waals surface area contributed by atoms with Gasteiger partial charge in [0.15, 0.2) is 0 Å². The van der Waals surface area contributed by atoms with E-state index in [1.54, 1.807) is 24.4 Å². The van der Waals surface area contributed by atoms with Crippen LogP contribution in [0.4, 0.5) is 42.1 Å². The van der Waals surface area contributed by atoms with Gasteiger partial charge < -0.3 is 21.3 Å². The van der Waals surface area contributed by atoms with Crippen molar-refractivity contribution in [2.45, 2.75) is 0 Å². The average Bonchev–Trinajstić information content (AvgIpc) is 2.78. The zero-order valence-corrected chi connectivity index (χ0v) is 19.7. The number of amides is 2. The van der Waals surface area contributed by atoms with Crippen molar-refractivity contribution >= 4 is 79.8 Å². The SMILES string of the molecule is O=C(Nc1ccc(Cl)c(F)c1)Nc1ccc(F)c(Nc2ccc3ncc(NCI)nc3c2)c1. The van der Waals surface area contributed by atoms with Crippen LogP contribution >= 0.6 is 34.2 Å². The molecule has 0 unspecified atom stereocenters. The van der Waals surface area contributed by atoms with Crippen LogP contribution in [0.15, 0.2) is 60.8 Å². The molecular weight excluding hydrogens is 565 g/mol. The van der Waals surface area contributed by atoms with E-state index in [0.29, 0.717) is 32.8 Å². The van der Waals surface area contributed by atoms with Gasteiger partial charge in [-0.1, -0.05) is 34.2 Å². The van der Waals surface area contributed by atoms with E-state index in [0.717, 1.165) is 6.07 Å². The summed E-state index contributed by atoms with van der Waals surface area (Å²) in [5, 5.41) is 11.1. The van der Waals surface area contributed by atoms with E-state index in [4.69, 9.17) is 11.6 Å². The lowest BCUT2D eigenvalue weighted by molar-refractivity contribution is 0.262. The van der Waals surface area contributed by atoms with Gasteiger partial charge in [0.2, 0.25) is 0 Å². The summed E-state index contributed by atoms with van der Waals surface area (Å²) < 4.78 is 28.7. The van der Waals surface area contributed by atoms with Crippen molar-refractivity contribution in [3.05, 3.63) is 77.5 Å². The third-order valence-electron chi connectivity index (χ3n) is 4.47. The van der Waals surface area contributed by atoms with Crippen molar-refractivity contribution < 1.29 is 13.6 Å². The smallest absolute Gasteiger partial charge is 0.323 e. The molecule has 4 N–H and O–H groups in total. The maximum Gasteiger partial charge on any atom is 0.323 e. The lowest BCUT2D eigenvalue weighted by Crippen LogP contribution is -2.19. The summed E-state index contributed by atoms with van der Waals surface area (Å²) in [6.45, 7) is 0. The number of carbonyl (C=O) groups excluding carboxylic acids is 1. The number of anilines is 5. The molecule has 0 radical (unpaired) electrons. The Morgan fingerprint density at radius 2 is 1.64 bits per heavy atom. The molecule has 7 nitrogen and oxygen atoms in total. The monoisotopic (exact) mass is 580 g/mol. The minimum atomic E-state index is -0.653. The molecule has 0 aliphatic rings. The predicted octanol–water partition coefficient (Wildman–Crippen LogP) is 6.75. The van der Waals surface area contributed by atoms with Crippen LogP contribution in [-0.2, 0) is 0 Å². The molecule has 4 rings (SSSR count). The van der Waals surface area contributed by atoms with Crippen LogP contribution in [-0.4, -0.2) is 20.6 Å². The molecule has 0 spiro atoms. The van der Waals surface area contributed by atoms with Crippen LogP contribution in [0.2, 0.25) is 5.02 Å². The number of rotatable bonds is 6. The van der Waals surface area contributed by atoms with Gasteiger partial charge in [0.1, 0.15) is 17.5 Å². The Hall–Kier alpha value is -3.25. The summed E-state index contributed by atoms with van der Waals surface area (Å²) in [5.74, 6) is -0.523. The molecule has 168 valence electrons. The normalized spacial score (nSPS) is 10.7. The molecule has 0 saturated heterocycles. The van der Waals surface area contributed by atoms with E-state index >= 15 is 0 Å². The van der Waals surface area contributed by atoms with Crippen LogP contribution in [0.3, 0.4) is 0 Å². The summed E-state index contributed by atoms with van der Waals surface area (Å²) in [7, 11) is 0. The first kappa shape index (κ1) is 22.9. The molecule has 0 bridgehead atoms. The van der Waals surface area contributed by atoms with Gasteiger partial charge in [-0.25, -0.2) is 18.6 Å². The highest BCUT2D eigenvalue weighted by Crippen LogP contribution is 2.26. The molecule has 0 fully saturated rings. The van der Waals surface area contributed by atoms with Crippen LogP contribution in [0, 0.1) is 11.6 Å². The number of fused-ring (bicyclic) bond motifs is 1. The fraction of sp³-hybridized carbons (Fsp3) is 0.0455. The number of alkyl halides is 1. The fourth-order valence-corrected chi connectivity index (χ4v) is 3.47. The van der Waals surface area contributed by atoms with Crippen molar-refractivity contribution in [2.75, 3.05) is 25.8 Å². The molecule has 1 heterocycles. The van der Waals surface area contributed by atoms with Crippen molar-refractivity contribution in [1.82, 2.24) is 9.97 Å². The highest BCUT2D eigenvalue weighted by Gasteiger charge is 2.10. The molecule has 0 aliphatic carbocycles. The Kier molecular flexibility index (Phi) is 7.04. The van der Waals surface area contributed by atoms with E-state index in [1.807, 2.05) is 0 Å². The summed E-state index contributed by atoms with van der Waals surface area (Å²) in [6.07, 6.45) is 1.65. The highest BCUT2D eigenvalue weighted by atomic mass is 127. The zero-order chi connectivity index (χ0) is 23.4. The van der Waals surface area contributed by atoms with Gasteiger partial charge in [0.05, 0.1) is 32.5 Å². The largest absolute Gasteiger partial charge is 0.360 e. The van der Waals surface area contributed by atoms with Crippen LogP contribution < -0.4 is 21.3 Å². The molecule has 0 atom stereocenters. The first-order chi connectivity index (χ1) is 15.9. The molecule has 11 heteroatoms. The van der Waals surface area contributed by atoms with Gasteiger partial charge >= 0.3 is 6.03 Å². The molecule has 1 aromatic heterocycles. The third kappa shape index (κ3) is 5.76. The summed E-state index contributed by atoms with van der Waals surface area (Å²) in [4.78, 5) is 21.1. The molecule has 3 aromatic carbocycles. The molecule has 33 heavy (non-hydrogen) atoms. The minimum absolute atomic E-state index is 0.0487. The number of urea groups is 1. The lowest BCUT2D eigenvalue weighted by atomic mass is 10.2. The molecule has 0 saturated carbocycles. The predicted molar refractivity (Wildman–Crippen MR) is 136 cm³/mol. The van der Waals surface area contributed by atoms with Gasteiger partial charge in [-0.05, 0) is 54.6 Å². The molecule has 2 amide bonds. The Balaban J connectivity index is 1.49. The maximum absolute atomic E-state index is 14.4. The Morgan fingerprint density at radius 1 is 0.909 bits per heavy atom. The van der Waals surface area contributed by atoms with Gasteiger partial charge in [-0.2, -0.15) is 0 Å². The number of aromatic nitrogens is 2. The maximum atomic E-state index is 14.4. The second-order valence-corrected chi connectivity index (χ2v) is 7.97. The van der Waals surface area contributed by atoms with Crippen molar-refractivity contribution in [3.8, 4) is 0 Å². The van der Waals surface area contributed by atoms with E-state index in [-0.39, 0.29) is 16.4 Å². The minimum Gasteiger partial charge on any atom is -0.360 e. The van der Waals surface area contributed by atoms with Crippen LogP contribution in [0.1, 0.15) is 0 Å². The number of hydrogen-bond donors (Lipinski definition) is 4. The summed E-state index contributed by atoms with van der Waals surface area (Å²) in [5.41, 5.74) is 2.65. The number of hydrogen-bond acceptors (Lipinski definition) is 5. The van der Waals surface area contributed by atoms with E-state index in [1.165, 1.54) is 30.3 Å². The van der Waals surface area contributed by atoms with Crippen LogP contribution in [0.25, 0.3) is 11.0 Å². The van der Waals surface area contributed by atoms with E-state index < -0.39 is 17.7 Å². The topological polar surface area (TPSA) is 91.0 Å². The highest BCUT2D eigenvalue weighted by molar-refractivity contribution is 14.1.